The van der Waals surface area contributed by atoms with E-state index in [-0.39, 0.29) is 0 Å². The number of nitrogen functional groups attached to an aromatic ring is 1. The molecule has 2 aromatic rings. The molecular formula is C12H13N3. The molecule has 0 amide bonds. The average Bonchev–Trinajstić information content (AvgIpc) is 2.20. The van der Waals surface area contributed by atoms with Crippen LogP contribution in [0.2, 0.25) is 0 Å². The number of rotatable bonds is 1. The van der Waals surface area contributed by atoms with Gasteiger partial charge in [-0.3, -0.25) is 9.97 Å². The van der Waals surface area contributed by atoms with Crippen LogP contribution in [0.3, 0.4) is 0 Å². The van der Waals surface area contributed by atoms with Crippen molar-refractivity contribution in [3.63, 3.8) is 0 Å². The van der Waals surface area contributed by atoms with Crippen molar-refractivity contribution >= 4 is 5.69 Å². The number of hydrogen-bond donors (Lipinski definition) is 1. The maximum absolute atomic E-state index is 5.90. The molecule has 3 nitrogen and oxygen atoms in total. The highest BCUT2D eigenvalue weighted by Gasteiger charge is 2.04. The van der Waals surface area contributed by atoms with Crippen LogP contribution in [-0.2, 0) is 0 Å². The number of hydrogen-bond acceptors (Lipinski definition) is 3. The molecule has 2 rings (SSSR count). The lowest BCUT2D eigenvalue weighted by molar-refractivity contribution is 1.19. The average molecular weight is 199 g/mol. The summed E-state index contributed by atoms with van der Waals surface area (Å²) in [4.78, 5) is 8.54. The third-order valence-corrected chi connectivity index (χ3v) is 2.24. The van der Waals surface area contributed by atoms with Crippen molar-refractivity contribution in [2.24, 2.45) is 0 Å². The fourth-order valence-corrected chi connectivity index (χ4v) is 1.44. The van der Waals surface area contributed by atoms with E-state index in [4.69, 9.17) is 5.73 Å². The quantitative estimate of drug-likeness (QED) is 0.767. The minimum atomic E-state index is 0.695. The molecule has 2 N–H and O–H groups in total. The van der Waals surface area contributed by atoms with Crippen LogP contribution < -0.4 is 5.73 Å². The topological polar surface area (TPSA) is 51.8 Å². The zero-order valence-corrected chi connectivity index (χ0v) is 8.86. The number of pyridine rings is 2. The minimum Gasteiger partial charge on any atom is -0.397 e. The molecule has 0 bridgehead atoms. The third kappa shape index (κ3) is 1.96. The lowest BCUT2D eigenvalue weighted by Gasteiger charge is -2.05. The van der Waals surface area contributed by atoms with E-state index in [0.29, 0.717) is 5.69 Å². The van der Waals surface area contributed by atoms with Crippen molar-refractivity contribution in [3.05, 3.63) is 41.9 Å². The normalized spacial score (nSPS) is 10.3. The van der Waals surface area contributed by atoms with Gasteiger partial charge in [-0.2, -0.15) is 0 Å². The van der Waals surface area contributed by atoms with Crippen LogP contribution in [0.5, 0.6) is 0 Å². The molecule has 2 heterocycles. The molecule has 3 heteroatoms. The Labute approximate surface area is 89.0 Å². The van der Waals surface area contributed by atoms with Gasteiger partial charge in [-0.1, -0.05) is 0 Å². The largest absolute Gasteiger partial charge is 0.397 e. The Kier molecular flexibility index (Phi) is 2.37. The number of aromatic nitrogens is 2. The summed E-state index contributed by atoms with van der Waals surface area (Å²) in [5.74, 6) is 0. The Bertz CT molecular complexity index is 475. The monoisotopic (exact) mass is 199 g/mol. The Morgan fingerprint density at radius 2 is 1.87 bits per heavy atom. The molecule has 0 saturated carbocycles. The first-order valence-electron chi connectivity index (χ1n) is 4.82. The van der Waals surface area contributed by atoms with E-state index < -0.39 is 0 Å². The zero-order chi connectivity index (χ0) is 10.8. The molecule has 0 fully saturated rings. The van der Waals surface area contributed by atoms with Crippen molar-refractivity contribution in [2.45, 2.75) is 13.8 Å². The van der Waals surface area contributed by atoms with Crippen molar-refractivity contribution in [1.29, 1.82) is 0 Å². The summed E-state index contributed by atoms with van der Waals surface area (Å²) in [5, 5.41) is 0. The Hall–Kier alpha value is -1.90. The summed E-state index contributed by atoms with van der Waals surface area (Å²) < 4.78 is 0. The predicted octanol–water partition coefficient (Wildman–Crippen LogP) is 2.34. The molecule has 0 aliphatic rings. The van der Waals surface area contributed by atoms with Crippen molar-refractivity contribution in [3.8, 4) is 11.3 Å². The molecule has 0 saturated heterocycles. The van der Waals surface area contributed by atoms with Gasteiger partial charge < -0.3 is 5.73 Å². The SMILES string of the molecule is Cc1cnc(-c2ccc(C)nc2)c(N)c1. The van der Waals surface area contributed by atoms with Crippen LogP contribution in [0.4, 0.5) is 5.69 Å². The smallest absolute Gasteiger partial charge is 0.0946 e. The maximum atomic E-state index is 5.90. The van der Waals surface area contributed by atoms with Gasteiger partial charge >= 0.3 is 0 Å². The van der Waals surface area contributed by atoms with E-state index in [2.05, 4.69) is 9.97 Å². The number of aryl methyl sites for hydroxylation is 2. The zero-order valence-electron chi connectivity index (χ0n) is 8.86. The Morgan fingerprint density at radius 1 is 1.07 bits per heavy atom. The van der Waals surface area contributed by atoms with Crippen LogP contribution in [0.25, 0.3) is 11.3 Å². The van der Waals surface area contributed by atoms with Gasteiger partial charge in [-0.15, -0.1) is 0 Å². The molecule has 0 aromatic carbocycles. The molecule has 0 aliphatic carbocycles. The predicted molar refractivity (Wildman–Crippen MR) is 61.4 cm³/mol. The van der Waals surface area contributed by atoms with Crippen LogP contribution in [0.15, 0.2) is 30.6 Å². The van der Waals surface area contributed by atoms with Gasteiger partial charge in [0.15, 0.2) is 0 Å². The highest BCUT2D eigenvalue weighted by Crippen LogP contribution is 2.23. The minimum absolute atomic E-state index is 0.695. The van der Waals surface area contributed by atoms with Gasteiger partial charge in [-0.05, 0) is 37.6 Å². The highest BCUT2D eigenvalue weighted by molar-refractivity contribution is 5.72. The fraction of sp³-hybridized carbons (Fsp3) is 0.167. The van der Waals surface area contributed by atoms with Crippen LogP contribution in [0, 0.1) is 13.8 Å². The summed E-state index contributed by atoms with van der Waals surface area (Å²) in [6, 6.07) is 5.86. The number of anilines is 1. The number of nitrogens with zero attached hydrogens (tertiary/aromatic N) is 2. The van der Waals surface area contributed by atoms with Gasteiger partial charge in [-0.25, -0.2) is 0 Å². The molecule has 0 radical (unpaired) electrons. The van der Waals surface area contributed by atoms with Crippen molar-refractivity contribution in [1.82, 2.24) is 9.97 Å². The highest BCUT2D eigenvalue weighted by atomic mass is 14.7. The van der Waals surface area contributed by atoms with Gasteiger partial charge in [0.25, 0.3) is 0 Å². The van der Waals surface area contributed by atoms with E-state index in [1.807, 2.05) is 38.2 Å². The summed E-state index contributed by atoms with van der Waals surface area (Å²) in [6.07, 6.45) is 3.61. The second kappa shape index (κ2) is 3.69. The first-order chi connectivity index (χ1) is 7.16. The molecule has 2 aromatic heterocycles. The summed E-state index contributed by atoms with van der Waals surface area (Å²) >= 11 is 0. The molecule has 0 unspecified atom stereocenters. The van der Waals surface area contributed by atoms with E-state index in [9.17, 15) is 0 Å². The summed E-state index contributed by atoms with van der Waals surface area (Å²) in [5.41, 5.74) is 10.4. The summed E-state index contributed by atoms with van der Waals surface area (Å²) in [6.45, 7) is 3.93. The first-order valence-corrected chi connectivity index (χ1v) is 4.82. The van der Waals surface area contributed by atoms with Gasteiger partial charge in [0, 0.05) is 23.7 Å². The van der Waals surface area contributed by atoms with Gasteiger partial charge in [0.2, 0.25) is 0 Å². The second-order valence-corrected chi connectivity index (χ2v) is 3.64. The van der Waals surface area contributed by atoms with E-state index >= 15 is 0 Å². The standard InChI is InChI=1S/C12H13N3/c1-8-5-11(13)12(15-6-8)10-4-3-9(2)14-7-10/h3-7H,13H2,1-2H3. The summed E-state index contributed by atoms with van der Waals surface area (Å²) in [7, 11) is 0. The lowest BCUT2D eigenvalue weighted by atomic mass is 10.1. The molecule has 0 spiro atoms. The fourth-order valence-electron chi connectivity index (χ4n) is 1.44. The van der Waals surface area contributed by atoms with E-state index in [0.717, 1.165) is 22.5 Å². The third-order valence-electron chi connectivity index (χ3n) is 2.24. The molecule has 15 heavy (non-hydrogen) atoms. The van der Waals surface area contributed by atoms with E-state index in [1.165, 1.54) is 0 Å². The Morgan fingerprint density at radius 3 is 2.47 bits per heavy atom. The first kappa shape index (κ1) is 9.65. The molecule has 0 atom stereocenters. The number of nitrogens with two attached hydrogens (primary N) is 1. The van der Waals surface area contributed by atoms with Crippen molar-refractivity contribution in [2.75, 3.05) is 5.73 Å². The molecule has 76 valence electrons. The lowest BCUT2D eigenvalue weighted by Crippen LogP contribution is -1.95. The van der Waals surface area contributed by atoms with Crippen LogP contribution in [-0.4, -0.2) is 9.97 Å². The van der Waals surface area contributed by atoms with Crippen molar-refractivity contribution < 1.29 is 0 Å². The second-order valence-electron chi connectivity index (χ2n) is 3.64. The van der Waals surface area contributed by atoms with Gasteiger partial charge in [0.05, 0.1) is 11.4 Å². The van der Waals surface area contributed by atoms with Gasteiger partial charge in [0.1, 0.15) is 0 Å². The molecular weight excluding hydrogens is 186 g/mol. The Balaban J connectivity index is 2.49. The maximum Gasteiger partial charge on any atom is 0.0946 e. The molecule has 0 aliphatic heterocycles. The van der Waals surface area contributed by atoms with Crippen LogP contribution in [0.1, 0.15) is 11.3 Å². The van der Waals surface area contributed by atoms with Crippen LogP contribution >= 0.6 is 0 Å². The van der Waals surface area contributed by atoms with E-state index in [1.54, 1.807) is 6.20 Å².